The van der Waals surface area contributed by atoms with E-state index in [1.165, 1.54) is 30.2 Å². The fourth-order valence-electron chi connectivity index (χ4n) is 3.86. The third-order valence-corrected chi connectivity index (χ3v) is 5.82. The molecule has 136 valence electrons. The van der Waals surface area contributed by atoms with Crippen LogP contribution in [0, 0.1) is 5.92 Å². The average molecular weight is 358 g/mol. The van der Waals surface area contributed by atoms with E-state index in [0.717, 1.165) is 17.5 Å². The van der Waals surface area contributed by atoms with Crippen molar-refractivity contribution in [2.24, 2.45) is 5.92 Å². The van der Waals surface area contributed by atoms with Crippen LogP contribution in [-0.4, -0.2) is 11.5 Å². The van der Waals surface area contributed by atoms with Gasteiger partial charge in [-0.15, -0.1) is 0 Å². The van der Waals surface area contributed by atoms with Crippen molar-refractivity contribution in [3.8, 4) is 0 Å². The Morgan fingerprint density at radius 1 is 1.00 bits per heavy atom. The number of halogens is 1. The van der Waals surface area contributed by atoms with E-state index in [9.17, 15) is 9.18 Å². The second kappa shape index (κ2) is 6.77. The number of carbonyl (C=O) groups is 1. The Kier molecular flexibility index (Phi) is 4.43. The maximum atomic E-state index is 14.5. The van der Waals surface area contributed by atoms with Crippen LogP contribution in [0.25, 0.3) is 22.9 Å². The van der Waals surface area contributed by atoms with Crippen molar-refractivity contribution in [1.29, 1.82) is 0 Å². The molecule has 1 fully saturated rings. The number of ketones is 1. The molecule has 0 heterocycles. The Morgan fingerprint density at radius 3 is 2.44 bits per heavy atom. The number of Topliss-reactive ketones (excluding diaryl/α,β-unsaturated/α-hetero) is 1. The first-order chi connectivity index (χ1) is 13.0. The summed E-state index contributed by atoms with van der Waals surface area (Å²) in [5, 5.41) is 2.47. The molecule has 1 aliphatic carbocycles. The molecule has 0 radical (unpaired) electrons. The molecule has 0 N–H and O–H groups in total. The van der Waals surface area contributed by atoms with Crippen LogP contribution in [0.15, 0.2) is 66.7 Å². The fraction of sp³-hybridized carbons (Fsp3) is 0.240. The molecule has 3 aromatic carbocycles. The van der Waals surface area contributed by atoms with Crippen LogP contribution >= 0.6 is 0 Å². The van der Waals surface area contributed by atoms with Crippen LogP contribution in [0.3, 0.4) is 0 Å². The third-order valence-electron chi connectivity index (χ3n) is 5.82. The van der Waals surface area contributed by atoms with Gasteiger partial charge in [0.25, 0.3) is 0 Å². The van der Waals surface area contributed by atoms with Gasteiger partial charge in [-0.1, -0.05) is 78.9 Å². The number of rotatable bonds is 5. The van der Waals surface area contributed by atoms with Gasteiger partial charge in [0, 0.05) is 5.92 Å². The summed E-state index contributed by atoms with van der Waals surface area (Å²) in [5.41, 5.74) is 1.71. The summed E-state index contributed by atoms with van der Waals surface area (Å²) in [7, 11) is 0. The first-order valence-corrected chi connectivity index (χ1v) is 9.42. The van der Waals surface area contributed by atoms with Crippen LogP contribution in [-0.2, 0) is 4.79 Å². The molecule has 1 saturated carbocycles. The minimum Gasteiger partial charge on any atom is -0.296 e. The lowest BCUT2D eigenvalue weighted by Crippen LogP contribution is -2.30. The van der Waals surface area contributed by atoms with Crippen LogP contribution in [0.4, 0.5) is 4.39 Å². The Hall–Kier alpha value is -2.74. The summed E-state index contributed by atoms with van der Waals surface area (Å²) in [6, 6.07) is 22.9. The van der Waals surface area contributed by atoms with E-state index in [0.29, 0.717) is 0 Å². The Labute approximate surface area is 159 Å². The molecule has 0 saturated heterocycles. The van der Waals surface area contributed by atoms with Crippen LogP contribution in [0.1, 0.15) is 42.9 Å². The van der Waals surface area contributed by atoms with Crippen molar-refractivity contribution in [1.82, 2.24) is 0 Å². The van der Waals surface area contributed by atoms with Gasteiger partial charge in [0.2, 0.25) is 0 Å². The maximum absolute atomic E-state index is 14.5. The first-order valence-electron chi connectivity index (χ1n) is 9.42. The minimum absolute atomic E-state index is 0.153. The number of fused-ring (bicyclic) bond motifs is 1. The van der Waals surface area contributed by atoms with Crippen molar-refractivity contribution in [3.05, 3.63) is 83.4 Å². The summed E-state index contributed by atoms with van der Waals surface area (Å²) in [6.45, 7) is 2.76. The molecular formula is C25H23FO. The fourth-order valence-corrected chi connectivity index (χ4v) is 3.86. The Bertz CT molecular complexity index is 1010. The van der Waals surface area contributed by atoms with Gasteiger partial charge in [-0.2, -0.15) is 0 Å². The molecule has 27 heavy (non-hydrogen) atoms. The van der Waals surface area contributed by atoms with Gasteiger partial charge in [-0.05, 0) is 53.6 Å². The van der Waals surface area contributed by atoms with Gasteiger partial charge in [0.05, 0.1) is 0 Å². The normalized spacial score (nSPS) is 21.3. The molecule has 3 atom stereocenters. The molecule has 0 spiro atoms. The summed E-state index contributed by atoms with van der Waals surface area (Å²) in [6.07, 6.45) is 4.98. The monoisotopic (exact) mass is 358 g/mol. The van der Waals surface area contributed by atoms with Gasteiger partial charge in [-0.3, -0.25) is 4.79 Å². The van der Waals surface area contributed by atoms with Crippen molar-refractivity contribution in [3.63, 3.8) is 0 Å². The largest absolute Gasteiger partial charge is 0.296 e. The van der Waals surface area contributed by atoms with E-state index in [4.69, 9.17) is 0 Å². The molecule has 0 amide bonds. The lowest BCUT2D eigenvalue weighted by Gasteiger charge is -2.16. The van der Waals surface area contributed by atoms with Crippen LogP contribution < -0.4 is 0 Å². The highest BCUT2D eigenvalue weighted by molar-refractivity contribution is 5.92. The molecule has 0 aliphatic heterocycles. The highest BCUT2D eigenvalue weighted by atomic mass is 19.1. The highest BCUT2D eigenvalue weighted by Gasteiger charge is 2.53. The lowest BCUT2D eigenvalue weighted by molar-refractivity contribution is -0.128. The minimum atomic E-state index is -1.71. The average Bonchev–Trinajstić information content (AvgIpc) is 3.48. The van der Waals surface area contributed by atoms with Gasteiger partial charge in [0.15, 0.2) is 11.5 Å². The van der Waals surface area contributed by atoms with Gasteiger partial charge in [0.1, 0.15) is 0 Å². The molecule has 4 rings (SSSR count). The SMILES string of the molecule is CC(=O)C(C)(F)C1CC1c1ccc(/C=C/c2cccc3ccccc23)cc1. The van der Waals surface area contributed by atoms with Crippen LogP contribution in [0.2, 0.25) is 0 Å². The zero-order valence-corrected chi connectivity index (χ0v) is 15.7. The Morgan fingerprint density at radius 2 is 1.70 bits per heavy atom. The summed E-state index contributed by atoms with van der Waals surface area (Å²) in [5.74, 6) is -0.406. The topological polar surface area (TPSA) is 17.1 Å². The molecule has 3 aromatic rings. The number of hydrogen-bond donors (Lipinski definition) is 0. The molecule has 2 heteroatoms. The first kappa shape index (κ1) is 17.7. The third kappa shape index (κ3) is 3.44. The van der Waals surface area contributed by atoms with Crippen molar-refractivity contribution >= 4 is 28.7 Å². The predicted molar refractivity (Wildman–Crippen MR) is 110 cm³/mol. The molecule has 1 aliphatic rings. The predicted octanol–water partition coefficient (Wildman–Crippen LogP) is 6.43. The number of alkyl halides is 1. The van der Waals surface area contributed by atoms with E-state index in [1.807, 2.05) is 6.07 Å². The number of carbonyl (C=O) groups excluding carboxylic acids is 1. The van der Waals surface area contributed by atoms with Gasteiger partial charge in [-0.25, -0.2) is 4.39 Å². The number of benzene rings is 3. The van der Waals surface area contributed by atoms with E-state index < -0.39 is 5.67 Å². The summed E-state index contributed by atoms with van der Waals surface area (Å²) in [4.78, 5) is 11.5. The second-order valence-corrected chi connectivity index (χ2v) is 7.65. The Balaban J connectivity index is 1.50. The van der Waals surface area contributed by atoms with Gasteiger partial charge < -0.3 is 0 Å². The molecule has 1 nitrogen and oxygen atoms in total. The maximum Gasteiger partial charge on any atom is 0.169 e. The summed E-state index contributed by atoms with van der Waals surface area (Å²) < 4.78 is 14.5. The van der Waals surface area contributed by atoms with Crippen LogP contribution in [0.5, 0.6) is 0 Å². The van der Waals surface area contributed by atoms with Gasteiger partial charge >= 0.3 is 0 Å². The van der Waals surface area contributed by atoms with E-state index >= 15 is 0 Å². The molecular weight excluding hydrogens is 335 g/mol. The smallest absolute Gasteiger partial charge is 0.169 e. The molecule has 0 aromatic heterocycles. The molecule has 3 unspecified atom stereocenters. The van der Waals surface area contributed by atoms with E-state index in [-0.39, 0.29) is 17.6 Å². The highest BCUT2D eigenvalue weighted by Crippen LogP contribution is 2.55. The van der Waals surface area contributed by atoms with Crippen molar-refractivity contribution < 1.29 is 9.18 Å². The quantitative estimate of drug-likeness (QED) is 0.480. The van der Waals surface area contributed by atoms with E-state index in [1.54, 1.807) is 0 Å². The second-order valence-electron chi connectivity index (χ2n) is 7.65. The number of hydrogen-bond acceptors (Lipinski definition) is 1. The summed E-state index contributed by atoms with van der Waals surface area (Å²) >= 11 is 0. The van der Waals surface area contributed by atoms with Crippen molar-refractivity contribution in [2.75, 3.05) is 0 Å². The zero-order chi connectivity index (χ0) is 19.0. The van der Waals surface area contributed by atoms with E-state index in [2.05, 4.69) is 72.8 Å². The van der Waals surface area contributed by atoms with Crippen molar-refractivity contribution in [2.45, 2.75) is 31.9 Å². The zero-order valence-electron chi connectivity index (χ0n) is 15.7. The lowest BCUT2D eigenvalue weighted by atomic mass is 9.94. The molecule has 0 bridgehead atoms. The standard InChI is InChI=1S/C25H23FO/c1-17(27)25(2,26)24-16-23(24)21-14-11-18(12-15-21)10-13-20-8-5-7-19-6-3-4-9-22(19)20/h3-15,23-24H,16H2,1-2H3/b13-10+.